The van der Waals surface area contributed by atoms with E-state index in [1.54, 1.807) is 10.9 Å². The molecule has 1 unspecified atom stereocenters. The fourth-order valence-corrected chi connectivity index (χ4v) is 2.78. The fourth-order valence-electron chi connectivity index (χ4n) is 2.78. The molecule has 1 aromatic rings. The summed E-state index contributed by atoms with van der Waals surface area (Å²) in [5.41, 5.74) is 0.100. The van der Waals surface area contributed by atoms with Crippen molar-refractivity contribution in [2.24, 2.45) is 0 Å². The van der Waals surface area contributed by atoms with Crippen LogP contribution in [0.4, 0.5) is 0 Å². The third kappa shape index (κ3) is 2.55. The van der Waals surface area contributed by atoms with Crippen LogP contribution in [-0.2, 0) is 4.74 Å². The predicted octanol–water partition coefficient (Wildman–Crippen LogP) is 0.0619. The molecular formula is C13H21N5O2. The van der Waals surface area contributed by atoms with Crippen molar-refractivity contribution < 1.29 is 9.53 Å². The molecule has 0 bridgehead atoms. The molecule has 0 aromatic carbocycles. The first-order valence-corrected chi connectivity index (χ1v) is 7.04. The lowest BCUT2D eigenvalue weighted by Crippen LogP contribution is -2.53. The number of hydrogen-bond donors (Lipinski definition) is 1. The Morgan fingerprint density at radius 1 is 1.50 bits per heavy atom. The van der Waals surface area contributed by atoms with E-state index >= 15 is 0 Å². The third-order valence-corrected chi connectivity index (χ3v) is 3.72. The highest BCUT2D eigenvalue weighted by atomic mass is 16.5. The van der Waals surface area contributed by atoms with Gasteiger partial charge < -0.3 is 15.0 Å². The zero-order chi connectivity index (χ0) is 14.3. The molecule has 2 aliphatic heterocycles. The minimum absolute atomic E-state index is 0.0357. The molecule has 0 radical (unpaired) electrons. The number of ether oxygens (including phenoxy) is 1. The topological polar surface area (TPSA) is 72.3 Å². The Morgan fingerprint density at radius 2 is 2.25 bits per heavy atom. The van der Waals surface area contributed by atoms with Crippen LogP contribution in [0.3, 0.4) is 0 Å². The van der Waals surface area contributed by atoms with Crippen molar-refractivity contribution in [1.82, 2.24) is 25.2 Å². The summed E-state index contributed by atoms with van der Waals surface area (Å²) < 4.78 is 7.59. The summed E-state index contributed by atoms with van der Waals surface area (Å²) in [6, 6.07) is 0.323. The smallest absolute Gasteiger partial charge is 0.276 e. The summed E-state index contributed by atoms with van der Waals surface area (Å²) in [5, 5.41) is 11.3. The number of morpholine rings is 1. The van der Waals surface area contributed by atoms with Crippen LogP contribution in [0.2, 0.25) is 0 Å². The summed E-state index contributed by atoms with van der Waals surface area (Å²) >= 11 is 0. The Bertz CT molecular complexity index is 509. The van der Waals surface area contributed by atoms with Gasteiger partial charge in [0.1, 0.15) is 0 Å². The van der Waals surface area contributed by atoms with Crippen LogP contribution in [0.25, 0.3) is 0 Å². The van der Waals surface area contributed by atoms with E-state index in [-0.39, 0.29) is 17.6 Å². The number of carbonyl (C=O) groups excluding carboxylic acids is 1. The molecule has 2 fully saturated rings. The maximum absolute atomic E-state index is 12.5. The first-order valence-electron chi connectivity index (χ1n) is 7.04. The van der Waals surface area contributed by atoms with Gasteiger partial charge in [-0.25, -0.2) is 4.68 Å². The van der Waals surface area contributed by atoms with Gasteiger partial charge in [0.15, 0.2) is 5.69 Å². The molecule has 0 aliphatic carbocycles. The molecule has 7 nitrogen and oxygen atoms in total. The van der Waals surface area contributed by atoms with Crippen LogP contribution in [0.5, 0.6) is 0 Å². The Balaban J connectivity index is 1.72. The van der Waals surface area contributed by atoms with Crippen LogP contribution in [0.15, 0.2) is 6.20 Å². The highest BCUT2D eigenvalue weighted by molar-refractivity contribution is 5.92. The van der Waals surface area contributed by atoms with E-state index in [1.165, 1.54) is 0 Å². The molecule has 1 atom stereocenters. The Hall–Kier alpha value is -1.47. The van der Waals surface area contributed by atoms with Crippen LogP contribution < -0.4 is 5.32 Å². The van der Waals surface area contributed by atoms with Crippen LogP contribution in [-0.4, -0.2) is 63.7 Å². The van der Waals surface area contributed by atoms with Gasteiger partial charge >= 0.3 is 0 Å². The van der Waals surface area contributed by atoms with Gasteiger partial charge in [-0.3, -0.25) is 4.79 Å². The minimum Gasteiger partial charge on any atom is -0.369 e. The number of nitrogens with one attached hydrogen (secondary N) is 1. The number of carbonyl (C=O) groups is 1. The second-order valence-electron chi connectivity index (χ2n) is 6.27. The molecule has 1 aromatic heterocycles. The number of amides is 1. The SMILES string of the molecule is CC1CN(C(=O)c2cn(C3CNC3)nn2)CC(C)(C)O1. The summed E-state index contributed by atoms with van der Waals surface area (Å²) in [5.74, 6) is -0.0632. The lowest BCUT2D eigenvalue weighted by atomic mass is 10.1. The minimum atomic E-state index is -0.318. The normalized spacial score (nSPS) is 26.4. The Labute approximate surface area is 118 Å². The summed E-state index contributed by atoms with van der Waals surface area (Å²) in [7, 11) is 0. The van der Waals surface area contributed by atoms with Gasteiger partial charge in [0, 0.05) is 26.2 Å². The van der Waals surface area contributed by atoms with Gasteiger partial charge in [-0.05, 0) is 20.8 Å². The second-order valence-corrected chi connectivity index (χ2v) is 6.27. The van der Waals surface area contributed by atoms with Crippen molar-refractivity contribution in [2.75, 3.05) is 26.2 Å². The molecule has 1 N–H and O–H groups in total. The second kappa shape index (κ2) is 4.82. The molecule has 1 amide bonds. The number of hydrogen-bond acceptors (Lipinski definition) is 5. The average Bonchev–Trinajstić information content (AvgIpc) is 2.72. The number of rotatable bonds is 2. The van der Waals surface area contributed by atoms with Crippen molar-refractivity contribution in [1.29, 1.82) is 0 Å². The van der Waals surface area contributed by atoms with Gasteiger partial charge in [-0.1, -0.05) is 5.21 Å². The van der Waals surface area contributed by atoms with Crippen molar-refractivity contribution in [2.45, 2.75) is 38.5 Å². The molecule has 110 valence electrons. The van der Waals surface area contributed by atoms with Crippen LogP contribution in [0.1, 0.15) is 37.3 Å². The zero-order valence-corrected chi connectivity index (χ0v) is 12.2. The summed E-state index contributed by atoms with van der Waals surface area (Å²) in [6.45, 7) is 8.93. The van der Waals surface area contributed by atoms with Crippen molar-refractivity contribution >= 4 is 5.91 Å². The predicted molar refractivity (Wildman–Crippen MR) is 72.5 cm³/mol. The molecule has 2 aliphatic rings. The van der Waals surface area contributed by atoms with Gasteiger partial charge in [-0.15, -0.1) is 5.10 Å². The largest absolute Gasteiger partial charge is 0.369 e. The van der Waals surface area contributed by atoms with Crippen LogP contribution in [0, 0.1) is 0 Å². The highest BCUT2D eigenvalue weighted by Crippen LogP contribution is 2.22. The van der Waals surface area contributed by atoms with Gasteiger partial charge in [-0.2, -0.15) is 0 Å². The van der Waals surface area contributed by atoms with Gasteiger partial charge in [0.25, 0.3) is 5.91 Å². The molecule has 3 heterocycles. The number of nitrogens with zero attached hydrogens (tertiary/aromatic N) is 4. The van der Waals surface area contributed by atoms with Gasteiger partial charge in [0.2, 0.25) is 0 Å². The number of aromatic nitrogens is 3. The summed E-state index contributed by atoms with van der Waals surface area (Å²) in [4.78, 5) is 14.3. The third-order valence-electron chi connectivity index (χ3n) is 3.72. The molecule has 7 heteroatoms. The van der Waals surface area contributed by atoms with Crippen molar-refractivity contribution in [3.63, 3.8) is 0 Å². The molecule has 0 saturated carbocycles. The maximum Gasteiger partial charge on any atom is 0.276 e. The fraction of sp³-hybridized carbons (Fsp3) is 0.769. The van der Waals surface area contributed by atoms with E-state index in [0.717, 1.165) is 13.1 Å². The van der Waals surface area contributed by atoms with Gasteiger partial charge in [0.05, 0.1) is 23.9 Å². The monoisotopic (exact) mass is 279 g/mol. The maximum atomic E-state index is 12.5. The molecule has 3 rings (SSSR count). The van der Waals surface area contributed by atoms with E-state index in [0.29, 0.717) is 24.8 Å². The molecular weight excluding hydrogens is 258 g/mol. The van der Waals surface area contributed by atoms with Crippen molar-refractivity contribution in [3.8, 4) is 0 Å². The first-order chi connectivity index (χ1) is 9.44. The van der Waals surface area contributed by atoms with E-state index in [4.69, 9.17) is 4.74 Å². The average molecular weight is 279 g/mol. The quantitative estimate of drug-likeness (QED) is 0.829. The molecule has 2 saturated heterocycles. The van der Waals surface area contributed by atoms with E-state index in [1.807, 2.05) is 25.7 Å². The Morgan fingerprint density at radius 3 is 2.85 bits per heavy atom. The lowest BCUT2D eigenvalue weighted by molar-refractivity contribution is -0.118. The molecule has 0 spiro atoms. The lowest BCUT2D eigenvalue weighted by Gasteiger charge is -2.41. The van der Waals surface area contributed by atoms with E-state index in [9.17, 15) is 4.79 Å². The zero-order valence-electron chi connectivity index (χ0n) is 12.2. The van der Waals surface area contributed by atoms with Crippen molar-refractivity contribution in [3.05, 3.63) is 11.9 Å². The highest BCUT2D eigenvalue weighted by Gasteiger charge is 2.35. The van der Waals surface area contributed by atoms with Crippen LogP contribution >= 0.6 is 0 Å². The first kappa shape index (κ1) is 13.5. The Kier molecular flexibility index (Phi) is 3.25. The van der Waals surface area contributed by atoms with E-state index < -0.39 is 0 Å². The molecule has 20 heavy (non-hydrogen) atoms. The standard InChI is InChI=1S/C13H21N5O2/c1-9-6-17(8-13(2,3)20-9)12(19)11-7-18(16-15-11)10-4-14-5-10/h7,9-10,14H,4-6,8H2,1-3H3. The van der Waals surface area contributed by atoms with E-state index in [2.05, 4.69) is 15.6 Å². The summed E-state index contributed by atoms with van der Waals surface area (Å²) in [6.07, 6.45) is 1.79.